The number of aromatic amines is 1. The molecular weight excluding hydrogens is 313 g/mol. The molecule has 3 aromatic rings. The van der Waals surface area contributed by atoms with E-state index in [0.717, 1.165) is 33.5 Å². The fourth-order valence-electron chi connectivity index (χ4n) is 3.65. The summed E-state index contributed by atoms with van der Waals surface area (Å²) >= 11 is 0. The highest BCUT2D eigenvalue weighted by molar-refractivity contribution is 5.94. The number of nitrogens with one attached hydrogen (secondary N) is 1. The minimum Gasteiger partial charge on any atom is -0.364 e. The molecule has 0 spiro atoms. The number of rotatable bonds is 3. The maximum atomic E-state index is 13.8. The van der Waals surface area contributed by atoms with Gasteiger partial charge in [0.1, 0.15) is 11.6 Å². The van der Waals surface area contributed by atoms with Crippen molar-refractivity contribution in [3.63, 3.8) is 0 Å². The van der Waals surface area contributed by atoms with E-state index < -0.39 is 0 Å². The Bertz CT molecular complexity index is 983. The van der Waals surface area contributed by atoms with E-state index in [0.29, 0.717) is 6.42 Å². The van der Waals surface area contributed by atoms with Crippen LogP contribution in [-0.2, 0) is 4.79 Å². The number of benzene rings is 2. The summed E-state index contributed by atoms with van der Waals surface area (Å²) in [6.45, 7) is 1.62. The molecule has 0 radical (unpaired) electrons. The van der Waals surface area contributed by atoms with Gasteiger partial charge in [-0.2, -0.15) is 0 Å². The number of aromatic nitrogens is 1. The lowest BCUT2D eigenvalue weighted by Gasteiger charge is -2.17. The summed E-state index contributed by atoms with van der Waals surface area (Å²) in [5, 5.41) is 0. The van der Waals surface area contributed by atoms with Gasteiger partial charge in [-0.1, -0.05) is 36.4 Å². The van der Waals surface area contributed by atoms with E-state index >= 15 is 0 Å². The second-order valence-electron chi connectivity index (χ2n) is 6.46. The van der Waals surface area contributed by atoms with Crippen molar-refractivity contribution in [2.75, 3.05) is 0 Å². The number of H-pyrrole nitrogens is 1. The Kier molecular flexibility index (Phi) is 3.85. The Morgan fingerprint density at radius 2 is 1.96 bits per heavy atom. The molecule has 0 fully saturated rings. The molecule has 4 rings (SSSR count). The molecule has 1 N–H and O–H groups in total. The first-order valence-corrected chi connectivity index (χ1v) is 8.37. The lowest BCUT2D eigenvalue weighted by molar-refractivity contribution is -0.117. The van der Waals surface area contributed by atoms with Crippen molar-refractivity contribution >= 4 is 17.4 Å². The number of hydrogen-bond acceptors (Lipinski definition) is 1. The summed E-state index contributed by atoms with van der Waals surface area (Å²) in [5.74, 6) is -0.135. The second kappa shape index (κ2) is 6.17. The van der Waals surface area contributed by atoms with Crippen LogP contribution in [0.1, 0.15) is 47.2 Å². The number of carbonyl (C=O) groups excluding carboxylic acids is 1. The second-order valence-corrected chi connectivity index (χ2v) is 6.46. The summed E-state index contributed by atoms with van der Waals surface area (Å²) in [6.07, 6.45) is 4.42. The van der Waals surface area contributed by atoms with Crippen molar-refractivity contribution in [1.29, 1.82) is 0 Å². The van der Waals surface area contributed by atoms with Crippen molar-refractivity contribution in [2.45, 2.75) is 19.3 Å². The smallest absolute Gasteiger partial charge is 0.130 e. The van der Waals surface area contributed by atoms with Crippen molar-refractivity contribution in [3.05, 3.63) is 94.6 Å². The van der Waals surface area contributed by atoms with E-state index in [4.69, 9.17) is 0 Å². The van der Waals surface area contributed by atoms with E-state index in [2.05, 4.69) is 17.1 Å². The summed E-state index contributed by atoms with van der Waals surface area (Å²) < 4.78 is 13.8. The van der Waals surface area contributed by atoms with Crippen molar-refractivity contribution in [1.82, 2.24) is 4.98 Å². The van der Waals surface area contributed by atoms with Crippen LogP contribution in [0.4, 0.5) is 4.39 Å². The van der Waals surface area contributed by atoms with Gasteiger partial charge in [-0.05, 0) is 53.5 Å². The molecule has 1 atom stereocenters. The van der Waals surface area contributed by atoms with Gasteiger partial charge in [0.05, 0.1) is 0 Å². The first-order chi connectivity index (χ1) is 12.1. The first-order valence-electron chi connectivity index (χ1n) is 8.37. The van der Waals surface area contributed by atoms with Gasteiger partial charge in [-0.3, -0.25) is 4.79 Å². The van der Waals surface area contributed by atoms with Gasteiger partial charge in [0.25, 0.3) is 0 Å². The van der Waals surface area contributed by atoms with Crippen molar-refractivity contribution in [2.24, 2.45) is 0 Å². The molecule has 1 aliphatic rings. The molecule has 2 nitrogen and oxygen atoms in total. The fraction of sp³-hybridized carbons (Fsp3) is 0.136. The highest BCUT2D eigenvalue weighted by Gasteiger charge is 2.27. The third-order valence-corrected chi connectivity index (χ3v) is 4.72. The van der Waals surface area contributed by atoms with Gasteiger partial charge in [0.15, 0.2) is 0 Å². The largest absolute Gasteiger partial charge is 0.364 e. The maximum absolute atomic E-state index is 13.8. The predicted molar refractivity (Wildman–Crippen MR) is 97.7 cm³/mol. The molecule has 2 aromatic carbocycles. The van der Waals surface area contributed by atoms with E-state index in [1.165, 1.54) is 6.07 Å². The van der Waals surface area contributed by atoms with Crippen LogP contribution >= 0.6 is 0 Å². The average Bonchev–Trinajstić information content (AvgIpc) is 3.02. The van der Waals surface area contributed by atoms with Crippen LogP contribution in [0.25, 0.3) is 11.6 Å². The molecule has 0 aliphatic heterocycles. The normalized spacial score (nSPS) is 15.8. The predicted octanol–water partition coefficient (Wildman–Crippen LogP) is 5.17. The standard InChI is InChI=1S/C22H18FNO/c1-14(25)11-21-18-8-3-2-5-16(18)13-20(19-9-10-24-22(19)21)15-6-4-7-17(23)12-15/h2-10,12-13,21,24H,11H2,1H3/t21-/m1/s1. The molecule has 0 amide bonds. The molecule has 124 valence electrons. The molecule has 1 aliphatic carbocycles. The lowest BCUT2D eigenvalue weighted by Crippen LogP contribution is -2.08. The van der Waals surface area contributed by atoms with Crippen LogP contribution < -0.4 is 0 Å². The fourth-order valence-corrected chi connectivity index (χ4v) is 3.65. The molecule has 0 bridgehead atoms. The van der Waals surface area contributed by atoms with E-state index in [-0.39, 0.29) is 17.5 Å². The Morgan fingerprint density at radius 3 is 2.76 bits per heavy atom. The van der Waals surface area contributed by atoms with Gasteiger partial charge in [-0.15, -0.1) is 0 Å². The minimum atomic E-state index is -0.256. The minimum absolute atomic E-state index is 0.0268. The molecular formula is C22H18FNO. The van der Waals surface area contributed by atoms with E-state index in [1.807, 2.05) is 36.5 Å². The SMILES string of the molecule is CC(=O)C[C@@H]1c2ccccc2C=C(c2cccc(F)c2)c2cc[nH]c21. The van der Waals surface area contributed by atoms with Crippen LogP contribution in [0, 0.1) is 5.82 Å². The number of carbonyl (C=O) groups is 1. The maximum Gasteiger partial charge on any atom is 0.130 e. The van der Waals surface area contributed by atoms with Crippen molar-refractivity contribution in [3.8, 4) is 0 Å². The van der Waals surface area contributed by atoms with Crippen LogP contribution in [0.15, 0.2) is 60.8 Å². The molecule has 0 saturated heterocycles. The van der Waals surface area contributed by atoms with Crippen LogP contribution in [0.2, 0.25) is 0 Å². The summed E-state index contributed by atoms with van der Waals surface area (Å²) in [5.41, 5.74) is 6.02. The quantitative estimate of drug-likeness (QED) is 0.706. The first kappa shape index (κ1) is 15.6. The van der Waals surface area contributed by atoms with Gasteiger partial charge in [0.2, 0.25) is 0 Å². The number of ketones is 1. The Balaban J connectivity index is 1.97. The molecule has 0 saturated carbocycles. The van der Waals surface area contributed by atoms with Gasteiger partial charge in [0, 0.05) is 29.8 Å². The van der Waals surface area contributed by atoms with E-state index in [9.17, 15) is 9.18 Å². The van der Waals surface area contributed by atoms with Gasteiger partial charge < -0.3 is 4.98 Å². The molecule has 25 heavy (non-hydrogen) atoms. The van der Waals surface area contributed by atoms with Gasteiger partial charge >= 0.3 is 0 Å². The zero-order chi connectivity index (χ0) is 17.4. The Hall–Kier alpha value is -2.94. The van der Waals surface area contributed by atoms with E-state index in [1.54, 1.807) is 19.1 Å². The number of fused-ring (bicyclic) bond motifs is 2. The summed E-state index contributed by atoms with van der Waals surface area (Å²) in [6, 6.07) is 16.7. The molecule has 3 heteroatoms. The highest BCUT2D eigenvalue weighted by atomic mass is 19.1. The molecule has 0 unspecified atom stereocenters. The topological polar surface area (TPSA) is 32.9 Å². The summed E-state index contributed by atoms with van der Waals surface area (Å²) in [4.78, 5) is 15.2. The lowest BCUT2D eigenvalue weighted by atomic mass is 9.87. The Labute approximate surface area is 146 Å². The van der Waals surface area contributed by atoms with Gasteiger partial charge in [-0.25, -0.2) is 4.39 Å². The zero-order valence-electron chi connectivity index (χ0n) is 13.9. The highest BCUT2D eigenvalue weighted by Crippen LogP contribution is 2.41. The zero-order valence-corrected chi connectivity index (χ0v) is 13.9. The molecule has 1 heterocycles. The summed E-state index contributed by atoms with van der Waals surface area (Å²) in [7, 11) is 0. The van der Waals surface area contributed by atoms with Crippen LogP contribution in [-0.4, -0.2) is 10.8 Å². The van der Waals surface area contributed by atoms with Crippen LogP contribution in [0.3, 0.4) is 0 Å². The average molecular weight is 331 g/mol. The van der Waals surface area contributed by atoms with Crippen LogP contribution in [0.5, 0.6) is 0 Å². The third kappa shape index (κ3) is 2.82. The molecule has 1 aromatic heterocycles. The number of halogens is 1. The number of Topliss-reactive ketones (excluding diaryl/α,β-unsaturated/α-hetero) is 1. The monoisotopic (exact) mass is 331 g/mol. The third-order valence-electron chi connectivity index (χ3n) is 4.72. The Morgan fingerprint density at radius 1 is 1.12 bits per heavy atom. The number of hydrogen-bond donors (Lipinski definition) is 1. The van der Waals surface area contributed by atoms with Crippen molar-refractivity contribution < 1.29 is 9.18 Å².